The van der Waals surface area contributed by atoms with Gasteiger partial charge in [0.15, 0.2) is 5.69 Å². The Kier molecular flexibility index (Phi) is 7.24. The van der Waals surface area contributed by atoms with Gasteiger partial charge >= 0.3 is 0 Å². The van der Waals surface area contributed by atoms with Gasteiger partial charge in [-0.1, -0.05) is 30.3 Å². The summed E-state index contributed by atoms with van der Waals surface area (Å²) in [4.78, 5) is 39.6. The van der Waals surface area contributed by atoms with Crippen molar-refractivity contribution in [1.29, 1.82) is 0 Å². The molecule has 2 N–H and O–H groups in total. The summed E-state index contributed by atoms with van der Waals surface area (Å²) in [6, 6.07) is 13.4. The van der Waals surface area contributed by atoms with Gasteiger partial charge in [0, 0.05) is 62.9 Å². The van der Waals surface area contributed by atoms with E-state index in [0.717, 1.165) is 16.8 Å². The van der Waals surface area contributed by atoms with Crippen LogP contribution in [0.3, 0.4) is 0 Å². The van der Waals surface area contributed by atoms with Crippen LogP contribution in [0.4, 0.5) is 10.1 Å². The van der Waals surface area contributed by atoms with E-state index in [1.54, 1.807) is 22.7 Å². The first-order valence-electron chi connectivity index (χ1n) is 11.5. The van der Waals surface area contributed by atoms with E-state index in [1.807, 2.05) is 31.2 Å². The summed E-state index contributed by atoms with van der Waals surface area (Å²) < 4.78 is 15.1. The normalized spacial score (nSPS) is 12.7. The molecule has 35 heavy (non-hydrogen) atoms. The minimum absolute atomic E-state index is 0.0834. The second-order valence-corrected chi connectivity index (χ2v) is 8.63. The van der Waals surface area contributed by atoms with Gasteiger partial charge in [-0.15, -0.1) is 0 Å². The Morgan fingerprint density at radius 1 is 1.09 bits per heavy atom. The predicted molar refractivity (Wildman–Crippen MR) is 129 cm³/mol. The van der Waals surface area contributed by atoms with Crippen LogP contribution in [0.2, 0.25) is 0 Å². The Balaban J connectivity index is 1.35. The van der Waals surface area contributed by atoms with Crippen LogP contribution in [-0.4, -0.2) is 38.9 Å². The highest BCUT2D eigenvalue weighted by Gasteiger charge is 2.29. The number of anilines is 1. The molecule has 8 nitrogen and oxygen atoms in total. The summed E-state index contributed by atoms with van der Waals surface area (Å²) in [6.07, 6.45) is 0.728. The van der Waals surface area contributed by atoms with Crippen LogP contribution in [0, 0.1) is 12.7 Å². The number of benzene rings is 2. The van der Waals surface area contributed by atoms with Gasteiger partial charge in [0.2, 0.25) is 11.8 Å². The average molecular weight is 478 g/mol. The summed E-state index contributed by atoms with van der Waals surface area (Å²) in [7, 11) is 1.76. The molecule has 4 rings (SSSR count). The van der Waals surface area contributed by atoms with Crippen LogP contribution in [0.25, 0.3) is 0 Å². The molecule has 3 aromatic rings. The van der Waals surface area contributed by atoms with Gasteiger partial charge in [0.25, 0.3) is 5.91 Å². The lowest BCUT2D eigenvalue weighted by Crippen LogP contribution is -2.37. The largest absolute Gasteiger partial charge is 0.352 e. The van der Waals surface area contributed by atoms with Crippen molar-refractivity contribution in [3.63, 3.8) is 0 Å². The molecule has 1 aliphatic rings. The van der Waals surface area contributed by atoms with Crippen LogP contribution in [-0.2, 0) is 36.1 Å². The first-order valence-corrected chi connectivity index (χ1v) is 11.5. The summed E-state index contributed by atoms with van der Waals surface area (Å²) in [5.41, 5.74) is 4.23. The minimum atomic E-state index is -0.461. The standard InChI is InChI=1S/C26H28FN5O3/c1-17-6-3-4-7-18(17)15-28-23(33)10-11-24(34)32-13-12-22-21(16-32)25(30-31(22)2)26(35)29-20-9-5-8-19(27)14-20/h3-9,14H,10-13,15-16H2,1-2H3,(H,28,33)(H,29,35). The molecule has 0 fully saturated rings. The molecular formula is C26H28FN5O3. The van der Waals surface area contributed by atoms with Gasteiger partial charge in [0.1, 0.15) is 5.82 Å². The Morgan fingerprint density at radius 3 is 2.66 bits per heavy atom. The Labute approximate surface area is 203 Å². The van der Waals surface area contributed by atoms with Crippen LogP contribution < -0.4 is 10.6 Å². The number of hydrogen-bond donors (Lipinski definition) is 2. The number of rotatable bonds is 7. The third-order valence-corrected chi connectivity index (χ3v) is 6.20. The Bertz CT molecular complexity index is 1270. The molecule has 0 radical (unpaired) electrons. The van der Waals surface area contributed by atoms with E-state index in [9.17, 15) is 18.8 Å². The van der Waals surface area contributed by atoms with Gasteiger partial charge in [-0.3, -0.25) is 19.1 Å². The molecule has 2 heterocycles. The highest BCUT2D eigenvalue weighted by atomic mass is 19.1. The van der Waals surface area contributed by atoms with Crippen molar-refractivity contribution in [2.45, 2.75) is 39.3 Å². The monoisotopic (exact) mass is 477 g/mol. The number of aromatic nitrogens is 2. The number of nitrogens with one attached hydrogen (secondary N) is 2. The number of carbonyl (C=O) groups is 3. The Hall–Kier alpha value is -4.01. The number of fused-ring (bicyclic) bond motifs is 1. The molecule has 2 aromatic carbocycles. The lowest BCUT2D eigenvalue weighted by molar-refractivity contribution is -0.134. The van der Waals surface area contributed by atoms with Crippen molar-refractivity contribution in [3.8, 4) is 0 Å². The first-order chi connectivity index (χ1) is 16.8. The second-order valence-electron chi connectivity index (χ2n) is 8.63. The fourth-order valence-corrected chi connectivity index (χ4v) is 4.21. The molecule has 0 saturated heterocycles. The number of hydrogen-bond acceptors (Lipinski definition) is 4. The summed E-state index contributed by atoms with van der Waals surface area (Å²) >= 11 is 0. The maximum Gasteiger partial charge on any atom is 0.276 e. The van der Waals surface area contributed by atoms with E-state index >= 15 is 0 Å². The summed E-state index contributed by atoms with van der Waals surface area (Å²) in [6.45, 7) is 3.13. The van der Waals surface area contributed by atoms with E-state index < -0.39 is 11.7 Å². The fraction of sp³-hybridized carbons (Fsp3) is 0.308. The first kappa shape index (κ1) is 24.1. The van der Waals surface area contributed by atoms with Crippen LogP contribution in [0.5, 0.6) is 0 Å². The zero-order valence-corrected chi connectivity index (χ0v) is 19.8. The van der Waals surface area contributed by atoms with Crippen molar-refractivity contribution in [2.24, 2.45) is 7.05 Å². The molecule has 1 aliphatic heterocycles. The minimum Gasteiger partial charge on any atom is -0.352 e. The maximum atomic E-state index is 13.5. The molecule has 0 spiro atoms. The average Bonchev–Trinajstić information content (AvgIpc) is 3.18. The van der Waals surface area contributed by atoms with E-state index in [2.05, 4.69) is 15.7 Å². The molecule has 0 unspecified atom stereocenters. The highest BCUT2D eigenvalue weighted by molar-refractivity contribution is 6.04. The Morgan fingerprint density at radius 2 is 1.89 bits per heavy atom. The van der Waals surface area contributed by atoms with E-state index in [1.165, 1.54) is 18.2 Å². The van der Waals surface area contributed by atoms with Crippen molar-refractivity contribution in [3.05, 3.63) is 82.4 Å². The zero-order valence-electron chi connectivity index (χ0n) is 19.8. The molecular weight excluding hydrogens is 449 g/mol. The SMILES string of the molecule is Cc1ccccc1CNC(=O)CCC(=O)N1CCc2c(c(C(=O)Nc3cccc(F)c3)nn2C)C1. The van der Waals surface area contributed by atoms with Crippen molar-refractivity contribution in [1.82, 2.24) is 20.0 Å². The number of amides is 3. The van der Waals surface area contributed by atoms with Gasteiger partial charge in [-0.25, -0.2) is 4.39 Å². The van der Waals surface area contributed by atoms with Crippen molar-refractivity contribution < 1.29 is 18.8 Å². The van der Waals surface area contributed by atoms with Gasteiger partial charge < -0.3 is 15.5 Å². The third-order valence-electron chi connectivity index (χ3n) is 6.20. The molecule has 9 heteroatoms. The molecule has 0 aliphatic carbocycles. The molecule has 0 saturated carbocycles. The van der Waals surface area contributed by atoms with Gasteiger partial charge in [0.05, 0.1) is 0 Å². The lowest BCUT2D eigenvalue weighted by atomic mass is 10.0. The number of halogens is 1. The van der Waals surface area contributed by atoms with E-state index in [-0.39, 0.29) is 36.9 Å². The molecule has 182 valence electrons. The van der Waals surface area contributed by atoms with Gasteiger partial charge in [-0.2, -0.15) is 5.10 Å². The van der Waals surface area contributed by atoms with Gasteiger partial charge in [-0.05, 0) is 36.2 Å². The van der Waals surface area contributed by atoms with Crippen LogP contribution in [0.15, 0.2) is 48.5 Å². The lowest BCUT2D eigenvalue weighted by Gasteiger charge is -2.27. The third kappa shape index (κ3) is 5.74. The topological polar surface area (TPSA) is 96.3 Å². The summed E-state index contributed by atoms with van der Waals surface area (Å²) in [5.74, 6) is -1.25. The van der Waals surface area contributed by atoms with Crippen molar-refractivity contribution in [2.75, 3.05) is 11.9 Å². The smallest absolute Gasteiger partial charge is 0.276 e. The molecule has 0 atom stereocenters. The summed E-state index contributed by atoms with van der Waals surface area (Å²) in [5, 5.41) is 9.88. The van der Waals surface area contributed by atoms with Crippen LogP contribution in [0.1, 0.15) is 45.7 Å². The van der Waals surface area contributed by atoms with E-state index in [4.69, 9.17) is 0 Å². The predicted octanol–water partition coefficient (Wildman–Crippen LogP) is 3.10. The number of carbonyl (C=O) groups excluding carboxylic acids is 3. The number of aryl methyl sites for hydroxylation is 2. The molecule has 3 amide bonds. The molecule has 0 bridgehead atoms. The number of nitrogens with zero attached hydrogens (tertiary/aromatic N) is 3. The van der Waals surface area contributed by atoms with E-state index in [0.29, 0.717) is 30.8 Å². The highest BCUT2D eigenvalue weighted by Crippen LogP contribution is 2.24. The van der Waals surface area contributed by atoms with Crippen molar-refractivity contribution >= 4 is 23.4 Å². The van der Waals surface area contributed by atoms with Crippen LogP contribution >= 0.6 is 0 Å². The maximum absolute atomic E-state index is 13.5. The quantitative estimate of drug-likeness (QED) is 0.547. The fourth-order valence-electron chi connectivity index (χ4n) is 4.21. The second kappa shape index (κ2) is 10.5. The zero-order chi connectivity index (χ0) is 24.9. The molecule has 1 aromatic heterocycles.